The van der Waals surface area contributed by atoms with Crippen molar-refractivity contribution >= 4 is 10.8 Å². The van der Waals surface area contributed by atoms with Gasteiger partial charge in [0, 0.05) is 17.1 Å². The first-order chi connectivity index (χ1) is 13.2. The Bertz CT molecular complexity index is 1160. The van der Waals surface area contributed by atoms with Gasteiger partial charge in [0.25, 0.3) is 5.56 Å². The number of fused-ring (bicyclic) bond motifs is 1. The molecule has 1 heterocycles. The second-order valence-electron chi connectivity index (χ2n) is 6.37. The summed E-state index contributed by atoms with van der Waals surface area (Å²) in [6, 6.07) is 21.9. The van der Waals surface area contributed by atoms with Gasteiger partial charge in [-0.1, -0.05) is 36.4 Å². The maximum absolute atomic E-state index is 13.9. The Morgan fingerprint density at radius 1 is 0.926 bits per heavy atom. The van der Waals surface area contributed by atoms with Gasteiger partial charge in [0.15, 0.2) is 0 Å². The van der Waals surface area contributed by atoms with Crippen LogP contribution < -0.4 is 10.3 Å². The van der Waals surface area contributed by atoms with Gasteiger partial charge >= 0.3 is 0 Å². The number of rotatable bonds is 4. The van der Waals surface area contributed by atoms with Crippen molar-refractivity contribution in [1.82, 2.24) is 4.57 Å². The summed E-state index contributed by atoms with van der Waals surface area (Å²) in [5.41, 5.74) is 2.44. The van der Waals surface area contributed by atoms with Gasteiger partial charge in [-0.05, 0) is 52.9 Å². The monoisotopic (exact) mass is 359 g/mol. The zero-order chi connectivity index (χ0) is 18.8. The van der Waals surface area contributed by atoms with E-state index in [9.17, 15) is 9.18 Å². The Balaban J connectivity index is 1.72. The molecule has 3 nitrogen and oxygen atoms in total. The van der Waals surface area contributed by atoms with Crippen LogP contribution in [0.3, 0.4) is 0 Å². The molecule has 0 aliphatic carbocycles. The van der Waals surface area contributed by atoms with Gasteiger partial charge in [-0.2, -0.15) is 0 Å². The van der Waals surface area contributed by atoms with Crippen molar-refractivity contribution in [2.75, 3.05) is 7.11 Å². The lowest BCUT2D eigenvalue weighted by Crippen LogP contribution is -2.20. The standard InChI is InChI=1S/C23H18FNO2/c1-27-20-9-6-16(7-10-20)17-8-11-21-18(14-17)12-13-25(23(21)26)15-19-4-2-3-5-22(19)24/h2-14H,15H2,1H3. The number of ether oxygens (including phenoxy) is 1. The fourth-order valence-electron chi connectivity index (χ4n) is 3.19. The Hall–Kier alpha value is -3.40. The van der Waals surface area contributed by atoms with Crippen LogP contribution >= 0.6 is 0 Å². The van der Waals surface area contributed by atoms with Crippen molar-refractivity contribution in [3.63, 3.8) is 0 Å². The molecule has 1 aromatic heterocycles. The number of nitrogens with zero attached hydrogens (tertiary/aromatic N) is 1. The van der Waals surface area contributed by atoms with Crippen LogP contribution in [0.25, 0.3) is 21.9 Å². The summed E-state index contributed by atoms with van der Waals surface area (Å²) in [5, 5.41) is 1.48. The molecule has 0 radical (unpaired) electrons. The number of hydrogen-bond donors (Lipinski definition) is 0. The first-order valence-electron chi connectivity index (χ1n) is 8.67. The second-order valence-corrected chi connectivity index (χ2v) is 6.37. The summed E-state index contributed by atoms with van der Waals surface area (Å²) in [7, 11) is 1.64. The third-order valence-electron chi connectivity index (χ3n) is 4.70. The minimum atomic E-state index is -0.306. The van der Waals surface area contributed by atoms with Crippen molar-refractivity contribution in [2.24, 2.45) is 0 Å². The third kappa shape index (κ3) is 3.34. The minimum Gasteiger partial charge on any atom is -0.497 e. The van der Waals surface area contributed by atoms with Crippen LogP contribution in [0.2, 0.25) is 0 Å². The predicted octanol–water partition coefficient (Wildman–Crippen LogP) is 4.86. The minimum absolute atomic E-state index is 0.128. The first kappa shape index (κ1) is 17.0. The molecule has 4 heteroatoms. The lowest BCUT2D eigenvalue weighted by molar-refractivity contribution is 0.415. The SMILES string of the molecule is COc1ccc(-c2ccc3c(=O)n(Cc4ccccc4F)ccc3c2)cc1. The molecular formula is C23H18FNO2. The van der Waals surface area contributed by atoms with E-state index in [0.717, 1.165) is 22.3 Å². The highest BCUT2D eigenvalue weighted by molar-refractivity contribution is 5.86. The Kier molecular flexibility index (Phi) is 4.47. The van der Waals surface area contributed by atoms with E-state index in [-0.39, 0.29) is 17.9 Å². The van der Waals surface area contributed by atoms with Gasteiger partial charge in [-0.15, -0.1) is 0 Å². The molecular weight excluding hydrogens is 341 g/mol. The molecule has 0 saturated heterocycles. The molecule has 0 amide bonds. The van der Waals surface area contributed by atoms with Crippen molar-refractivity contribution in [2.45, 2.75) is 6.54 Å². The summed E-state index contributed by atoms with van der Waals surface area (Å²) >= 11 is 0. The van der Waals surface area contributed by atoms with Crippen molar-refractivity contribution in [1.29, 1.82) is 0 Å². The topological polar surface area (TPSA) is 31.2 Å². The molecule has 0 saturated carbocycles. The Morgan fingerprint density at radius 3 is 2.41 bits per heavy atom. The molecule has 3 aromatic carbocycles. The molecule has 0 spiro atoms. The molecule has 0 aliphatic heterocycles. The average Bonchev–Trinajstić information content (AvgIpc) is 2.71. The quantitative estimate of drug-likeness (QED) is 0.521. The number of hydrogen-bond acceptors (Lipinski definition) is 2. The number of aromatic nitrogens is 1. The predicted molar refractivity (Wildman–Crippen MR) is 106 cm³/mol. The van der Waals surface area contributed by atoms with Gasteiger partial charge < -0.3 is 9.30 Å². The highest BCUT2D eigenvalue weighted by Gasteiger charge is 2.08. The van der Waals surface area contributed by atoms with Crippen molar-refractivity contribution < 1.29 is 9.13 Å². The fourth-order valence-corrected chi connectivity index (χ4v) is 3.19. The second kappa shape index (κ2) is 7.08. The summed E-state index contributed by atoms with van der Waals surface area (Å²) in [6.07, 6.45) is 1.72. The van der Waals surface area contributed by atoms with E-state index in [1.165, 1.54) is 10.6 Å². The summed E-state index contributed by atoms with van der Waals surface area (Å²) in [4.78, 5) is 12.8. The van der Waals surface area contributed by atoms with E-state index in [1.54, 1.807) is 31.5 Å². The number of benzene rings is 3. The number of halogens is 1. The molecule has 0 N–H and O–H groups in total. The van der Waals surface area contributed by atoms with Crippen LogP contribution in [-0.2, 0) is 6.54 Å². The average molecular weight is 359 g/mol. The summed E-state index contributed by atoms with van der Waals surface area (Å²) in [6.45, 7) is 0.210. The van der Waals surface area contributed by atoms with Gasteiger partial charge in [0.1, 0.15) is 11.6 Å². The van der Waals surface area contributed by atoms with Gasteiger partial charge in [-0.3, -0.25) is 4.79 Å². The van der Waals surface area contributed by atoms with E-state index in [4.69, 9.17) is 4.74 Å². The van der Waals surface area contributed by atoms with E-state index in [1.807, 2.05) is 48.5 Å². The van der Waals surface area contributed by atoms with Crippen LogP contribution in [0.4, 0.5) is 4.39 Å². The number of methoxy groups -OCH3 is 1. The molecule has 4 aromatic rings. The highest BCUT2D eigenvalue weighted by atomic mass is 19.1. The van der Waals surface area contributed by atoms with E-state index in [2.05, 4.69) is 0 Å². The molecule has 0 aliphatic rings. The van der Waals surface area contributed by atoms with Crippen LogP contribution in [0.5, 0.6) is 5.75 Å². The van der Waals surface area contributed by atoms with Crippen LogP contribution in [-0.4, -0.2) is 11.7 Å². The van der Waals surface area contributed by atoms with Gasteiger partial charge in [-0.25, -0.2) is 4.39 Å². The van der Waals surface area contributed by atoms with Crippen LogP contribution in [0, 0.1) is 5.82 Å². The maximum atomic E-state index is 13.9. The van der Waals surface area contributed by atoms with Crippen molar-refractivity contribution in [3.05, 3.63) is 101 Å². The summed E-state index contributed by atoms with van der Waals surface area (Å²) < 4.78 is 20.6. The van der Waals surface area contributed by atoms with Gasteiger partial charge in [0.2, 0.25) is 0 Å². The fraction of sp³-hybridized carbons (Fsp3) is 0.0870. The smallest absolute Gasteiger partial charge is 0.258 e. The Labute approximate surface area is 156 Å². The molecule has 134 valence electrons. The maximum Gasteiger partial charge on any atom is 0.258 e. The van der Waals surface area contributed by atoms with E-state index >= 15 is 0 Å². The van der Waals surface area contributed by atoms with Crippen LogP contribution in [0.1, 0.15) is 5.56 Å². The number of pyridine rings is 1. The lowest BCUT2D eigenvalue weighted by atomic mass is 10.0. The summed E-state index contributed by atoms with van der Waals surface area (Å²) in [5.74, 6) is 0.495. The van der Waals surface area contributed by atoms with E-state index in [0.29, 0.717) is 10.9 Å². The van der Waals surface area contributed by atoms with Crippen LogP contribution in [0.15, 0.2) is 83.8 Å². The first-order valence-corrected chi connectivity index (χ1v) is 8.67. The molecule has 0 fully saturated rings. The van der Waals surface area contributed by atoms with Crippen molar-refractivity contribution in [3.8, 4) is 16.9 Å². The lowest BCUT2D eigenvalue weighted by Gasteiger charge is -2.10. The molecule has 4 rings (SSSR count). The normalized spacial score (nSPS) is 10.9. The third-order valence-corrected chi connectivity index (χ3v) is 4.70. The highest BCUT2D eigenvalue weighted by Crippen LogP contribution is 2.25. The Morgan fingerprint density at radius 2 is 1.67 bits per heavy atom. The molecule has 0 bridgehead atoms. The van der Waals surface area contributed by atoms with Gasteiger partial charge in [0.05, 0.1) is 13.7 Å². The molecule has 27 heavy (non-hydrogen) atoms. The zero-order valence-corrected chi connectivity index (χ0v) is 14.9. The zero-order valence-electron chi connectivity index (χ0n) is 14.9. The van der Waals surface area contributed by atoms with E-state index < -0.39 is 0 Å². The molecule has 0 unspecified atom stereocenters. The molecule has 0 atom stereocenters. The largest absolute Gasteiger partial charge is 0.497 e.